The SMILES string of the molecule is COc1ccc2c(c1)C(N1CCCN(C(=O)C3CC3)CC1)CC2. The fraction of sp³-hybridized carbons (Fsp3) is 0.632. The van der Waals surface area contributed by atoms with Crippen LogP contribution in [0.2, 0.25) is 0 Å². The van der Waals surface area contributed by atoms with Crippen molar-refractivity contribution in [2.45, 2.75) is 38.1 Å². The first kappa shape index (κ1) is 15.0. The molecule has 2 aliphatic carbocycles. The summed E-state index contributed by atoms with van der Waals surface area (Å²) in [6.45, 7) is 3.92. The molecular weight excluding hydrogens is 288 g/mol. The molecule has 0 N–H and O–H groups in total. The highest BCUT2D eigenvalue weighted by Gasteiger charge is 2.35. The number of carbonyl (C=O) groups is 1. The van der Waals surface area contributed by atoms with Gasteiger partial charge in [-0.3, -0.25) is 9.69 Å². The Labute approximate surface area is 138 Å². The van der Waals surface area contributed by atoms with Gasteiger partial charge in [-0.1, -0.05) is 6.07 Å². The number of nitrogens with zero attached hydrogens (tertiary/aromatic N) is 2. The average molecular weight is 314 g/mol. The molecule has 4 heteroatoms. The minimum absolute atomic E-state index is 0.345. The molecule has 2 fully saturated rings. The normalized spacial score (nSPS) is 25.1. The molecule has 23 heavy (non-hydrogen) atoms. The van der Waals surface area contributed by atoms with E-state index in [0.717, 1.165) is 57.6 Å². The molecule has 1 atom stereocenters. The number of rotatable bonds is 3. The van der Waals surface area contributed by atoms with Crippen LogP contribution in [-0.2, 0) is 11.2 Å². The molecule has 124 valence electrons. The standard InChI is InChI=1S/C19H26N2O2/c1-23-16-7-5-14-6-8-18(17(14)13-16)20-9-2-10-21(12-11-20)19(22)15-3-4-15/h5,7,13,15,18H,2-4,6,8-12H2,1H3. The zero-order valence-electron chi connectivity index (χ0n) is 14.0. The highest BCUT2D eigenvalue weighted by atomic mass is 16.5. The number of benzene rings is 1. The lowest BCUT2D eigenvalue weighted by Crippen LogP contribution is -2.36. The summed E-state index contributed by atoms with van der Waals surface area (Å²) in [5.74, 6) is 1.70. The number of methoxy groups -OCH3 is 1. The van der Waals surface area contributed by atoms with Gasteiger partial charge in [0.1, 0.15) is 5.75 Å². The van der Waals surface area contributed by atoms with Crippen molar-refractivity contribution in [3.63, 3.8) is 0 Å². The van der Waals surface area contributed by atoms with Gasteiger partial charge in [0.25, 0.3) is 0 Å². The van der Waals surface area contributed by atoms with Crippen LogP contribution in [0.25, 0.3) is 0 Å². The van der Waals surface area contributed by atoms with E-state index in [4.69, 9.17) is 4.74 Å². The minimum Gasteiger partial charge on any atom is -0.497 e. The van der Waals surface area contributed by atoms with Crippen LogP contribution in [-0.4, -0.2) is 49.0 Å². The highest BCUT2D eigenvalue weighted by Crippen LogP contribution is 2.38. The number of ether oxygens (including phenoxy) is 1. The van der Waals surface area contributed by atoms with Crippen molar-refractivity contribution in [3.05, 3.63) is 29.3 Å². The van der Waals surface area contributed by atoms with Crippen molar-refractivity contribution in [2.24, 2.45) is 5.92 Å². The van der Waals surface area contributed by atoms with Crippen LogP contribution >= 0.6 is 0 Å². The van der Waals surface area contributed by atoms with E-state index in [1.165, 1.54) is 17.5 Å². The van der Waals surface area contributed by atoms with Gasteiger partial charge in [0.2, 0.25) is 5.91 Å². The van der Waals surface area contributed by atoms with Gasteiger partial charge in [0.15, 0.2) is 0 Å². The van der Waals surface area contributed by atoms with Crippen molar-refractivity contribution in [2.75, 3.05) is 33.3 Å². The zero-order valence-corrected chi connectivity index (χ0v) is 14.0. The fourth-order valence-corrected chi connectivity index (χ4v) is 4.12. The first-order chi connectivity index (χ1) is 11.3. The van der Waals surface area contributed by atoms with E-state index in [0.29, 0.717) is 17.9 Å². The van der Waals surface area contributed by atoms with Crippen molar-refractivity contribution in [1.82, 2.24) is 9.80 Å². The topological polar surface area (TPSA) is 32.8 Å². The van der Waals surface area contributed by atoms with Crippen LogP contribution in [0.4, 0.5) is 0 Å². The Bertz CT molecular complexity index is 597. The van der Waals surface area contributed by atoms with Crippen LogP contribution in [0.1, 0.15) is 42.9 Å². The Morgan fingerprint density at radius 1 is 1.13 bits per heavy atom. The van der Waals surface area contributed by atoms with Gasteiger partial charge < -0.3 is 9.64 Å². The Balaban J connectivity index is 1.46. The van der Waals surface area contributed by atoms with Gasteiger partial charge in [-0.2, -0.15) is 0 Å². The second-order valence-electron chi connectivity index (χ2n) is 7.11. The predicted octanol–water partition coefficient (Wildman–Crippen LogP) is 2.63. The highest BCUT2D eigenvalue weighted by molar-refractivity contribution is 5.81. The Morgan fingerprint density at radius 3 is 2.78 bits per heavy atom. The van der Waals surface area contributed by atoms with Crippen molar-refractivity contribution in [3.8, 4) is 5.75 Å². The number of fused-ring (bicyclic) bond motifs is 1. The maximum atomic E-state index is 12.3. The fourth-order valence-electron chi connectivity index (χ4n) is 4.12. The van der Waals surface area contributed by atoms with E-state index in [-0.39, 0.29) is 0 Å². The lowest BCUT2D eigenvalue weighted by atomic mass is 10.1. The Kier molecular flexibility index (Phi) is 4.02. The molecule has 0 spiro atoms. The average Bonchev–Trinajstić information content (AvgIpc) is 3.38. The molecule has 4 rings (SSSR count). The monoisotopic (exact) mass is 314 g/mol. The summed E-state index contributed by atoms with van der Waals surface area (Å²) in [4.78, 5) is 17.0. The maximum absolute atomic E-state index is 12.3. The number of hydrogen-bond donors (Lipinski definition) is 0. The number of hydrogen-bond acceptors (Lipinski definition) is 3. The predicted molar refractivity (Wildman–Crippen MR) is 89.6 cm³/mol. The molecule has 4 nitrogen and oxygen atoms in total. The first-order valence-corrected chi connectivity index (χ1v) is 8.96. The van der Waals surface area contributed by atoms with Gasteiger partial charge in [0.05, 0.1) is 7.11 Å². The molecule has 3 aliphatic rings. The maximum Gasteiger partial charge on any atom is 0.225 e. The largest absolute Gasteiger partial charge is 0.497 e. The van der Waals surface area contributed by atoms with Crippen molar-refractivity contribution in [1.29, 1.82) is 0 Å². The zero-order chi connectivity index (χ0) is 15.8. The summed E-state index contributed by atoms with van der Waals surface area (Å²) >= 11 is 0. The number of carbonyl (C=O) groups excluding carboxylic acids is 1. The van der Waals surface area contributed by atoms with Crippen LogP contribution in [0, 0.1) is 5.92 Å². The number of aryl methyl sites for hydroxylation is 1. The molecule has 1 heterocycles. The quantitative estimate of drug-likeness (QED) is 0.860. The molecule has 1 unspecified atom stereocenters. The second kappa shape index (κ2) is 6.16. The third kappa shape index (κ3) is 2.97. The molecule has 1 amide bonds. The van der Waals surface area contributed by atoms with Gasteiger partial charge >= 0.3 is 0 Å². The second-order valence-corrected chi connectivity index (χ2v) is 7.11. The van der Waals surface area contributed by atoms with Crippen LogP contribution in [0.3, 0.4) is 0 Å². The summed E-state index contributed by atoms with van der Waals surface area (Å²) in [6, 6.07) is 7.00. The summed E-state index contributed by atoms with van der Waals surface area (Å²) in [7, 11) is 1.74. The van der Waals surface area contributed by atoms with Gasteiger partial charge in [-0.15, -0.1) is 0 Å². The lowest BCUT2D eigenvalue weighted by molar-refractivity contribution is -0.132. The van der Waals surface area contributed by atoms with Crippen molar-refractivity contribution < 1.29 is 9.53 Å². The van der Waals surface area contributed by atoms with Crippen LogP contribution in [0.5, 0.6) is 5.75 Å². The minimum atomic E-state index is 0.345. The molecule has 0 radical (unpaired) electrons. The first-order valence-electron chi connectivity index (χ1n) is 8.96. The molecule has 0 aromatic heterocycles. The third-order valence-electron chi connectivity index (χ3n) is 5.61. The van der Waals surface area contributed by atoms with Crippen molar-refractivity contribution >= 4 is 5.91 Å². The third-order valence-corrected chi connectivity index (χ3v) is 5.61. The summed E-state index contributed by atoms with van der Waals surface area (Å²) in [5.41, 5.74) is 2.90. The molecule has 0 bridgehead atoms. The molecule has 1 aromatic carbocycles. The van der Waals surface area contributed by atoms with E-state index < -0.39 is 0 Å². The molecule has 1 aromatic rings. The van der Waals surface area contributed by atoms with Gasteiger partial charge in [-0.25, -0.2) is 0 Å². The van der Waals surface area contributed by atoms with Crippen LogP contribution in [0.15, 0.2) is 18.2 Å². The van der Waals surface area contributed by atoms with Crippen LogP contribution < -0.4 is 4.74 Å². The lowest BCUT2D eigenvalue weighted by Gasteiger charge is -2.28. The van der Waals surface area contributed by atoms with E-state index in [1.54, 1.807) is 7.11 Å². The smallest absolute Gasteiger partial charge is 0.225 e. The number of amides is 1. The summed E-state index contributed by atoms with van der Waals surface area (Å²) < 4.78 is 5.41. The summed E-state index contributed by atoms with van der Waals surface area (Å²) in [6.07, 6.45) is 5.65. The Morgan fingerprint density at radius 2 is 2.00 bits per heavy atom. The van der Waals surface area contributed by atoms with E-state index in [2.05, 4.69) is 28.0 Å². The molecule has 1 aliphatic heterocycles. The van der Waals surface area contributed by atoms with Gasteiger partial charge in [0, 0.05) is 38.1 Å². The summed E-state index contributed by atoms with van der Waals surface area (Å²) in [5, 5.41) is 0. The molecular formula is C19H26N2O2. The van der Waals surface area contributed by atoms with E-state index in [9.17, 15) is 4.79 Å². The molecule has 1 saturated carbocycles. The van der Waals surface area contributed by atoms with Gasteiger partial charge in [-0.05, 0) is 55.4 Å². The van der Waals surface area contributed by atoms with E-state index in [1.807, 2.05) is 0 Å². The van der Waals surface area contributed by atoms with E-state index >= 15 is 0 Å². The Hall–Kier alpha value is -1.55. The molecule has 1 saturated heterocycles.